The Morgan fingerprint density at radius 2 is 1.42 bits per heavy atom. The van der Waals surface area contributed by atoms with Gasteiger partial charge in [0.05, 0.1) is 6.04 Å². The Labute approximate surface area is 184 Å². The Bertz CT molecular complexity index is 1000. The number of nitrogens with one attached hydrogen (secondary N) is 2. The minimum atomic E-state index is -0.289. The number of nitrogens with zero attached hydrogens (tertiary/aromatic N) is 1. The van der Waals surface area contributed by atoms with Gasteiger partial charge in [-0.05, 0) is 35.2 Å². The smallest absolute Gasteiger partial charge is 0.319 e. The number of carbonyl (C=O) groups is 2. The predicted octanol–water partition coefficient (Wildman–Crippen LogP) is 5.27. The summed E-state index contributed by atoms with van der Waals surface area (Å²) in [6, 6.07) is 26.4. The van der Waals surface area contributed by atoms with Crippen molar-refractivity contribution in [1.82, 2.24) is 10.2 Å². The second kappa shape index (κ2) is 10.4. The molecule has 0 saturated carbocycles. The summed E-state index contributed by atoms with van der Waals surface area (Å²) in [4.78, 5) is 27.5. The number of hydrogen-bond acceptors (Lipinski definition) is 2. The van der Waals surface area contributed by atoms with Gasteiger partial charge in [-0.2, -0.15) is 0 Å². The van der Waals surface area contributed by atoms with E-state index in [0.29, 0.717) is 12.1 Å². The highest BCUT2D eigenvalue weighted by Gasteiger charge is 2.26. The lowest BCUT2D eigenvalue weighted by Gasteiger charge is -2.32. The van der Waals surface area contributed by atoms with Gasteiger partial charge in [0.15, 0.2) is 0 Å². The van der Waals surface area contributed by atoms with Gasteiger partial charge in [0.2, 0.25) is 0 Å². The molecule has 3 amide bonds. The van der Waals surface area contributed by atoms with Crippen LogP contribution in [0.25, 0.3) is 11.1 Å². The lowest BCUT2D eigenvalue weighted by Crippen LogP contribution is -2.48. The lowest BCUT2D eigenvalue weighted by molar-refractivity contribution is 0.0690. The molecule has 3 aromatic carbocycles. The minimum Gasteiger partial charge on any atom is -0.337 e. The highest BCUT2D eigenvalue weighted by Crippen LogP contribution is 2.25. The van der Waals surface area contributed by atoms with Crippen LogP contribution in [0.15, 0.2) is 84.9 Å². The Hall–Kier alpha value is -3.60. The molecule has 2 N–H and O–H groups in total. The summed E-state index contributed by atoms with van der Waals surface area (Å²) < 4.78 is 0. The van der Waals surface area contributed by atoms with Crippen LogP contribution in [0.5, 0.6) is 0 Å². The zero-order valence-electron chi connectivity index (χ0n) is 18.2. The Balaban J connectivity index is 1.72. The van der Waals surface area contributed by atoms with Crippen molar-refractivity contribution >= 4 is 17.6 Å². The van der Waals surface area contributed by atoms with Crippen molar-refractivity contribution in [3.05, 3.63) is 90.5 Å². The van der Waals surface area contributed by atoms with Gasteiger partial charge in [-0.25, -0.2) is 4.79 Å². The van der Waals surface area contributed by atoms with Crippen LogP contribution in [0.2, 0.25) is 0 Å². The Morgan fingerprint density at radius 3 is 2.06 bits per heavy atom. The third-order valence-electron chi connectivity index (χ3n) is 5.33. The van der Waals surface area contributed by atoms with E-state index in [1.165, 1.54) is 0 Å². The van der Waals surface area contributed by atoms with Gasteiger partial charge in [-0.1, -0.05) is 80.6 Å². The average Bonchev–Trinajstić information content (AvgIpc) is 2.79. The van der Waals surface area contributed by atoms with E-state index < -0.39 is 0 Å². The number of anilines is 1. The topological polar surface area (TPSA) is 61.4 Å². The molecule has 0 aliphatic heterocycles. The van der Waals surface area contributed by atoms with Gasteiger partial charge in [-0.3, -0.25) is 4.79 Å². The summed E-state index contributed by atoms with van der Waals surface area (Å²) >= 11 is 0. The SMILES string of the molecule is CC(C)C(CNC(=O)Nc1ccccc1)N(C)C(=O)c1ccccc1-c1ccccc1. The van der Waals surface area contributed by atoms with E-state index in [0.717, 1.165) is 16.8 Å². The largest absolute Gasteiger partial charge is 0.337 e. The van der Waals surface area contributed by atoms with Crippen molar-refractivity contribution in [3.8, 4) is 11.1 Å². The summed E-state index contributed by atoms with van der Waals surface area (Å²) in [5.41, 5.74) is 3.27. The van der Waals surface area contributed by atoms with Crippen LogP contribution in [0.3, 0.4) is 0 Å². The van der Waals surface area contributed by atoms with Crippen molar-refractivity contribution in [3.63, 3.8) is 0 Å². The molecule has 3 aromatic rings. The molecule has 5 nitrogen and oxygen atoms in total. The maximum absolute atomic E-state index is 13.4. The maximum atomic E-state index is 13.4. The molecule has 0 bridgehead atoms. The number of hydrogen-bond donors (Lipinski definition) is 2. The second-order valence-electron chi connectivity index (χ2n) is 7.84. The average molecular weight is 416 g/mol. The van der Waals surface area contributed by atoms with Crippen molar-refractivity contribution < 1.29 is 9.59 Å². The summed E-state index contributed by atoms with van der Waals surface area (Å²) in [7, 11) is 1.80. The minimum absolute atomic E-state index is 0.0663. The first kappa shape index (κ1) is 22.1. The van der Waals surface area contributed by atoms with Gasteiger partial charge in [-0.15, -0.1) is 0 Å². The summed E-state index contributed by atoms with van der Waals surface area (Å²) in [6.07, 6.45) is 0. The Morgan fingerprint density at radius 1 is 0.839 bits per heavy atom. The van der Waals surface area contributed by atoms with Crippen LogP contribution in [0, 0.1) is 5.92 Å². The van der Waals surface area contributed by atoms with Gasteiger partial charge < -0.3 is 15.5 Å². The molecule has 160 valence electrons. The molecule has 0 saturated heterocycles. The number of urea groups is 1. The molecule has 0 heterocycles. The van der Waals surface area contributed by atoms with E-state index in [9.17, 15) is 9.59 Å². The normalized spacial score (nSPS) is 11.6. The van der Waals surface area contributed by atoms with Crippen LogP contribution in [-0.2, 0) is 0 Å². The number of likely N-dealkylation sites (N-methyl/N-ethyl adjacent to an activating group) is 1. The van der Waals surface area contributed by atoms with Crippen molar-refractivity contribution in [1.29, 1.82) is 0 Å². The van der Waals surface area contributed by atoms with Gasteiger partial charge in [0.25, 0.3) is 5.91 Å². The standard InChI is InChI=1S/C26H29N3O2/c1-19(2)24(18-27-26(31)28-21-14-8-5-9-15-21)29(3)25(30)23-17-11-10-16-22(23)20-12-6-4-7-13-20/h4-17,19,24H,18H2,1-3H3,(H2,27,28,31). The lowest BCUT2D eigenvalue weighted by atomic mass is 9.97. The van der Waals surface area contributed by atoms with Gasteiger partial charge in [0.1, 0.15) is 0 Å². The molecule has 0 aliphatic carbocycles. The number of rotatable bonds is 7. The highest BCUT2D eigenvalue weighted by molar-refractivity contribution is 6.01. The number of carbonyl (C=O) groups excluding carboxylic acids is 2. The fourth-order valence-corrected chi connectivity index (χ4v) is 3.59. The summed E-state index contributed by atoms with van der Waals surface area (Å²) in [6.45, 7) is 4.45. The second-order valence-corrected chi connectivity index (χ2v) is 7.84. The van der Waals surface area contributed by atoms with Gasteiger partial charge >= 0.3 is 6.03 Å². The highest BCUT2D eigenvalue weighted by atomic mass is 16.2. The first-order valence-corrected chi connectivity index (χ1v) is 10.5. The zero-order valence-corrected chi connectivity index (χ0v) is 18.2. The van der Waals surface area contributed by atoms with E-state index in [4.69, 9.17) is 0 Å². The van der Waals surface area contributed by atoms with Gasteiger partial charge in [0, 0.05) is 24.8 Å². The van der Waals surface area contributed by atoms with E-state index in [2.05, 4.69) is 10.6 Å². The van der Waals surface area contributed by atoms with Crippen LogP contribution in [0.4, 0.5) is 10.5 Å². The van der Waals surface area contributed by atoms with Crippen molar-refractivity contribution in [2.75, 3.05) is 18.9 Å². The monoisotopic (exact) mass is 415 g/mol. The van der Waals surface area contributed by atoms with Crippen molar-refractivity contribution in [2.24, 2.45) is 5.92 Å². The first-order chi connectivity index (χ1) is 15.0. The molecular formula is C26H29N3O2. The predicted molar refractivity (Wildman–Crippen MR) is 126 cm³/mol. The Kier molecular flexibility index (Phi) is 7.44. The van der Waals surface area contributed by atoms with Crippen LogP contribution in [-0.4, -0.2) is 36.5 Å². The van der Waals surface area contributed by atoms with E-state index in [-0.39, 0.29) is 23.9 Å². The molecule has 0 aliphatic rings. The fourth-order valence-electron chi connectivity index (χ4n) is 3.59. The molecule has 1 atom stereocenters. The van der Waals surface area contributed by atoms with E-state index >= 15 is 0 Å². The number of benzene rings is 3. The number of para-hydroxylation sites is 1. The van der Waals surface area contributed by atoms with Crippen LogP contribution in [0.1, 0.15) is 24.2 Å². The molecule has 0 radical (unpaired) electrons. The third-order valence-corrected chi connectivity index (χ3v) is 5.33. The molecule has 31 heavy (non-hydrogen) atoms. The third kappa shape index (κ3) is 5.72. The molecule has 3 rings (SSSR count). The molecule has 0 spiro atoms. The van der Waals surface area contributed by atoms with Crippen LogP contribution < -0.4 is 10.6 Å². The molecule has 0 aromatic heterocycles. The molecule has 0 fully saturated rings. The molecule has 5 heteroatoms. The zero-order chi connectivity index (χ0) is 22.2. The summed E-state index contributed by atoms with van der Waals surface area (Å²) in [5, 5.41) is 5.72. The number of amides is 3. The quantitative estimate of drug-likeness (QED) is 0.552. The molecule has 1 unspecified atom stereocenters. The molecular weight excluding hydrogens is 386 g/mol. The van der Waals surface area contributed by atoms with Crippen molar-refractivity contribution in [2.45, 2.75) is 19.9 Å². The van der Waals surface area contributed by atoms with E-state index in [1.54, 1.807) is 11.9 Å². The maximum Gasteiger partial charge on any atom is 0.319 e. The van der Waals surface area contributed by atoms with E-state index in [1.807, 2.05) is 98.8 Å². The summed E-state index contributed by atoms with van der Waals surface area (Å²) in [5.74, 6) is 0.0956. The van der Waals surface area contributed by atoms with Crippen LogP contribution >= 0.6 is 0 Å². The first-order valence-electron chi connectivity index (χ1n) is 10.5. The fraction of sp³-hybridized carbons (Fsp3) is 0.231.